The van der Waals surface area contributed by atoms with Crippen LogP contribution < -0.4 is 38.9 Å². The van der Waals surface area contributed by atoms with Crippen LogP contribution in [0.15, 0.2) is 242 Å². The molecule has 15 rings (SSSR count). The van der Waals surface area contributed by atoms with Gasteiger partial charge in [0.2, 0.25) is 0 Å². The third-order valence-electron chi connectivity index (χ3n) is 23.7. The number of nitrogens with zero attached hydrogens (tertiary/aromatic N) is 5. The highest BCUT2D eigenvalue weighted by atomic mass is 35.5. The first kappa shape index (κ1) is 81.7. The predicted molar refractivity (Wildman–Crippen MR) is 448 cm³/mol. The van der Waals surface area contributed by atoms with E-state index in [4.69, 9.17) is 73.8 Å². The van der Waals surface area contributed by atoms with Gasteiger partial charge < -0.3 is 53.2 Å². The Bertz CT molecular complexity index is 4650. The van der Waals surface area contributed by atoms with Gasteiger partial charge in [0.1, 0.15) is 5.82 Å². The Morgan fingerprint density at radius 3 is 1.41 bits per heavy atom. The Balaban J connectivity index is 0.000000138. The van der Waals surface area contributed by atoms with Crippen LogP contribution in [0.2, 0.25) is 20.1 Å². The number of carbonyl (C=O) groups excluding carboxylic acids is 2. The number of hydrogen-bond acceptors (Lipinski definition) is 13. The summed E-state index contributed by atoms with van der Waals surface area (Å²) in [5.41, 5.74) is 37.1. The third kappa shape index (κ3) is 21.5. The van der Waals surface area contributed by atoms with Gasteiger partial charge in [-0.05, 0) is 214 Å². The summed E-state index contributed by atoms with van der Waals surface area (Å²) in [7, 11) is 0. The summed E-state index contributed by atoms with van der Waals surface area (Å²) in [6.07, 6.45) is 23.8. The van der Waals surface area contributed by atoms with Crippen LogP contribution >= 0.6 is 46.4 Å². The molecule has 2 amide bonds. The molecular weight excluding hydrogens is 1470 g/mol. The lowest BCUT2D eigenvalue weighted by atomic mass is 9.68. The van der Waals surface area contributed by atoms with Crippen molar-refractivity contribution in [2.75, 3.05) is 26.2 Å². The van der Waals surface area contributed by atoms with Gasteiger partial charge in [-0.15, -0.1) is 5.10 Å². The lowest BCUT2D eigenvalue weighted by Crippen LogP contribution is -2.47. The van der Waals surface area contributed by atoms with E-state index in [0.29, 0.717) is 56.3 Å². The van der Waals surface area contributed by atoms with E-state index in [1.165, 1.54) is 45.2 Å². The Morgan fingerprint density at radius 1 is 0.495 bits per heavy atom. The van der Waals surface area contributed by atoms with Gasteiger partial charge in [0.05, 0.1) is 18.2 Å². The van der Waals surface area contributed by atoms with Crippen molar-refractivity contribution in [2.45, 2.75) is 175 Å². The topological polar surface area (TPSA) is 274 Å². The van der Waals surface area contributed by atoms with Crippen molar-refractivity contribution in [2.24, 2.45) is 22.9 Å². The smallest absolute Gasteiger partial charge is 0.287 e. The second-order valence-electron chi connectivity index (χ2n) is 30.4. The highest BCUT2D eigenvalue weighted by Crippen LogP contribution is 2.45. The molecule has 13 N–H and O–H groups in total. The highest BCUT2D eigenvalue weighted by molar-refractivity contribution is 6.31. The van der Waals surface area contributed by atoms with E-state index >= 15 is 0 Å². The quantitative estimate of drug-likeness (QED) is 0.0289. The number of halogens is 4. The summed E-state index contributed by atoms with van der Waals surface area (Å²) >= 11 is 24.8. The van der Waals surface area contributed by atoms with Gasteiger partial charge in [0.15, 0.2) is 11.5 Å². The van der Waals surface area contributed by atoms with Crippen LogP contribution in [0, 0.1) is 0 Å². The fourth-order valence-corrected chi connectivity index (χ4v) is 17.6. The molecule has 580 valence electrons. The van der Waals surface area contributed by atoms with Crippen molar-refractivity contribution in [3.63, 3.8) is 0 Å². The number of furan rings is 1. The minimum atomic E-state index is -0.150. The first-order chi connectivity index (χ1) is 54.1. The molecule has 11 aromatic rings. The lowest BCUT2D eigenvalue weighted by molar-refractivity contribution is 0.0565. The molecular formula is C90H104Cl4N14O3. The minimum Gasteiger partial charge on any atom is -0.459 e. The van der Waals surface area contributed by atoms with Crippen molar-refractivity contribution in [1.82, 2.24) is 51.2 Å². The van der Waals surface area contributed by atoms with Gasteiger partial charge in [-0.25, -0.2) is 4.98 Å². The van der Waals surface area contributed by atoms with E-state index < -0.39 is 0 Å². The molecule has 4 heterocycles. The second kappa shape index (κ2) is 39.6. The second-order valence-corrected chi connectivity index (χ2v) is 32.2. The van der Waals surface area contributed by atoms with Gasteiger partial charge >= 0.3 is 0 Å². The first-order valence-electron chi connectivity index (χ1n) is 39.0. The molecule has 0 unspecified atom stereocenters. The van der Waals surface area contributed by atoms with Gasteiger partial charge in [-0.3, -0.25) is 14.7 Å². The van der Waals surface area contributed by atoms with Gasteiger partial charge in [-0.2, -0.15) is 10.2 Å². The fraction of sp³-hybridized carbons (Fsp3) is 0.356. The molecule has 4 fully saturated rings. The van der Waals surface area contributed by atoms with Crippen molar-refractivity contribution in [3.8, 4) is 11.1 Å². The fourth-order valence-electron chi connectivity index (χ4n) is 16.8. The van der Waals surface area contributed by atoms with E-state index in [1.54, 1.807) is 30.5 Å². The van der Waals surface area contributed by atoms with Crippen LogP contribution in [0.1, 0.15) is 174 Å². The first-order valence-corrected chi connectivity index (χ1v) is 40.5. The monoisotopic (exact) mass is 1570 g/mol. The van der Waals surface area contributed by atoms with Crippen LogP contribution in [-0.2, 0) is 47.7 Å². The van der Waals surface area contributed by atoms with Crippen molar-refractivity contribution in [3.05, 3.63) is 319 Å². The normalized spacial score (nSPS) is 22.2. The standard InChI is InChI=1S/C25H27ClN4O.C24H29ClN4.C23H27ClN4.C18H21ClN2O2/c26-21-9-4-8-20(16-21)25(18-27)13-11-22(12-14-25)30(17-19-6-2-1-3-7-19)24(31)23-10-5-15-28-29-23;25-20-8-4-7-19(14-20)24(17-26)11-9-21(10-12-24)27-15-22-16-28-23(29-22)13-18-5-2-1-3-6-18;24-19-8-4-7-18(13-19)23(16-25)11-9-20(10-12-23)26-15-22-21(14-27-28-22)17-5-2-1-3-6-17;19-14-4-1-3-13(11-14)18(12-20)8-6-15(7-9-18)21-17(22)16-5-2-10-23-16/h1-10,15-16,22H,11-14,17-18,27H2;1-8,14,16,21,27H,9-13,15,17,26H2,(H,28,29);1-8,13-14,20,26H,9-12,15-16,25H2,(H,27,28);1-5,10-11,15H,6-9,12,20H2,(H,21,22). The van der Waals surface area contributed by atoms with E-state index in [-0.39, 0.29) is 45.6 Å². The SMILES string of the molecule is NCC1(c2cccc(Cl)c2)CCC(N(Cc2ccccc2)C(=O)c2cccnn2)CC1.NCC1(c2cccc(Cl)c2)CCC(NC(=O)c2ccco2)CC1.NCC1(c2cccc(Cl)c2)CCC(NCc2[nH]ncc2-c2ccccc2)CC1.NCC1(c2cccc(Cl)c2)CCC(NCc2cnc(Cc3ccccc3)[nH]2)CC1. The number of H-pyrrole nitrogens is 2. The highest BCUT2D eigenvalue weighted by Gasteiger charge is 2.41. The van der Waals surface area contributed by atoms with Crippen LogP contribution in [0.5, 0.6) is 0 Å². The van der Waals surface area contributed by atoms with Gasteiger partial charge in [0.25, 0.3) is 11.8 Å². The molecule has 0 radical (unpaired) electrons. The van der Waals surface area contributed by atoms with Crippen LogP contribution in [0.3, 0.4) is 0 Å². The number of nitrogens with one attached hydrogen (secondary N) is 5. The number of aromatic nitrogens is 6. The zero-order chi connectivity index (χ0) is 77.5. The number of rotatable bonds is 23. The number of aromatic amines is 2. The number of carbonyl (C=O) groups is 2. The van der Waals surface area contributed by atoms with Crippen molar-refractivity contribution >= 4 is 58.2 Å². The number of nitrogens with two attached hydrogens (primary N) is 4. The molecule has 0 aliphatic heterocycles. The zero-order valence-corrected chi connectivity index (χ0v) is 66.1. The Labute approximate surface area is 673 Å². The molecule has 0 saturated heterocycles. The summed E-state index contributed by atoms with van der Waals surface area (Å²) in [4.78, 5) is 35.4. The molecule has 0 spiro atoms. The molecule has 4 aromatic heterocycles. The molecule has 7 aromatic carbocycles. The molecule has 111 heavy (non-hydrogen) atoms. The molecule has 4 aliphatic rings. The van der Waals surface area contributed by atoms with Gasteiger partial charge in [0, 0.05) is 142 Å². The maximum Gasteiger partial charge on any atom is 0.287 e. The summed E-state index contributed by atoms with van der Waals surface area (Å²) in [6, 6.07) is 71.5. The number of amides is 2. The summed E-state index contributed by atoms with van der Waals surface area (Å²) in [5, 5.41) is 28.9. The molecule has 4 aliphatic carbocycles. The van der Waals surface area contributed by atoms with Crippen LogP contribution in [0.25, 0.3) is 11.1 Å². The van der Waals surface area contributed by atoms with Crippen molar-refractivity contribution < 1.29 is 14.0 Å². The maximum absolute atomic E-state index is 13.4. The molecule has 4 saturated carbocycles. The minimum absolute atomic E-state index is 0.0448. The zero-order valence-electron chi connectivity index (χ0n) is 63.1. The molecule has 0 bridgehead atoms. The average molecular weight is 1570 g/mol. The maximum atomic E-state index is 13.4. The van der Waals surface area contributed by atoms with E-state index in [0.717, 1.165) is 165 Å². The summed E-state index contributed by atoms with van der Waals surface area (Å²) in [6.45, 7) is 4.65. The number of hydrogen-bond donors (Lipinski definition) is 9. The number of benzene rings is 7. The molecule has 17 nitrogen and oxygen atoms in total. The average Bonchev–Trinajstić information content (AvgIpc) is 0.856. The molecule has 0 atom stereocenters. The Hall–Kier alpha value is -8.82. The summed E-state index contributed by atoms with van der Waals surface area (Å²) < 4.78 is 5.13. The van der Waals surface area contributed by atoms with Crippen LogP contribution in [0.4, 0.5) is 0 Å². The number of imidazole rings is 1. The van der Waals surface area contributed by atoms with Crippen molar-refractivity contribution in [1.29, 1.82) is 0 Å². The predicted octanol–water partition coefficient (Wildman–Crippen LogP) is 17.4. The largest absolute Gasteiger partial charge is 0.459 e. The van der Waals surface area contributed by atoms with E-state index in [1.807, 2.05) is 108 Å². The lowest BCUT2D eigenvalue weighted by Gasteiger charge is -2.43. The van der Waals surface area contributed by atoms with E-state index in [2.05, 4.69) is 143 Å². The van der Waals surface area contributed by atoms with E-state index in [9.17, 15) is 9.59 Å². The van der Waals surface area contributed by atoms with Crippen LogP contribution in [-0.4, -0.2) is 97.4 Å². The Kier molecular flexibility index (Phi) is 29.1. The Morgan fingerprint density at radius 2 is 0.955 bits per heavy atom. The molecule has 21 heteroatoms. The summed E-state index contributed by atoms with van der Waals surface area (Å²) in [5.74, 6) is 1.14. The van der Waals surface area contributed by atoms with Gasteiger partial charge in [-0.1, -0.05) is 186 Å². The third-order valence-corrected chi connectivity index (χ3v) is 24.6.